The van der Waals surface area contributed by atoms with E-state index < -0.39 is 6.10 Å². The lowest BCUT2D eigenvalue weighted by Gasteiger charge is -2.21. The van der Waals surface area contributed by atoms with Gasteiger partial charge in [0.1, 0.15) is 18.1 Å². The summed E-state index contributed by atoms with van der Waals surface area (Å²) in [4.78, 5) is 0. The number of ether oxygens (including phenoxy) is 4. The van der Waals surface area contributed by atoms with Crippen LogP contribution in [0.5, 0.6) is 11.8 Å². The number of hydrogen-bond acceptors (Lipinski definition) is 9. The summed E-state index contributed by atoms with van der Waals surface area (Å²) >= 11 is 0. The van der Waals surface area contributed by atoms with Crippen LogP contribution in [0.3, 0.4) is 0 Å². The highest BCUT2D eigenvalue weighted by atomic mass is 16.6. The molecule has 0 saturated carbocycles. The highest BCUT2D eigenvalue weighted by molar-refractivity contribution is 5.13. The van der Waals surface area contributed by atoms with Crippen molar-refractivity contribution in [1.29, 1.82) is 0 Å². The molecule has 9 nitrogen and oxygen atoms in total. The molecule has 0 fully saturated rings. The third-order valence-electron chi connectivity index (χ3n) is 8.77. The van der Waals surface area contributed by atoms with E-state index >= 15 is 0 Å². The van der Waals surface area contributed by atoms with Crippen LogP contribution in [0.4, 0.5) is 0 Å². The third kappa shape index (κ3) is 19.8. The van der Waals surface area contributed by atoms with Crippen molar-refractivity contribution in [2.24, 2.45) is 5.92 Å². The summed E-state index contributed by atoms with van der Waals surface area (Å²) in [6, 6.07) is 13.8. The molecule has 3 aromatic rings. The molecule has 2 unspecified atom stereocenters. The maximum absolute atomic E-state index is 9.18. The highest BCUT2D eigenvalue weighted by Gasteiger charge is 2.18. The van der Waals surface area contributed by atoms with E-state index in [1.165, 1.54) is 77.0 Å². The average molecular weight is 685 g/mol. The lowest BCUT2D eigenvalue weighted by molar-refractivity contribution is -0.0123. The smallest absolute Gasteiger partial charge is 0.254 e. The quantitative estimate of drug-likeness (QED) is 0.0643. The number of aromatic nitrogens is 2. The number of nitrogens with zero attached hydrogens (tertiary/aromatic N) is 2. The minimum atomic E-state index is -0.425. The van der Waals surface area contributed by atoms with Crippen molar-refractivity contribution in [3.63, 3.8) is 0 Å². The van der Waals surface area contributed by atoms with Gasteiger partial charge in [-0.2, -0.15) is 0 Å². The molecular weight excluding hydrogens is 620 g/mol. The Kier molecular flexibility index (Phi) is 22.3. The third-order valence-corrected chi connectivity index (χ3v) is 8.77. The largest absolute Gasteiger partial charge is 0.471 e. The van der Waals surface area contributed by atoms with Crippen LogP contribution < -0.4 is 9.47 Å². The number of aliphatic hydroxyl groups excluding tert-OH is 1. The second-order valence-electron chi connectivity index (χ2n) is 13.4. The number of unbranched alkanes of at least 4 members (excludes halogenated alkanes) is 14. The minimum Gasteiger partial charge on any atom is -0.471 e. The summed E-state index contributed by atoms with van der Waals surface area (Å²) in [5.41, 5.74) is 1.15. The number of aliphatic hydroxyl groups is 1. The summed E-state index contributed by atoms with van der Waals surface area (Å²) in [6.07, 6.45) is 21.5. The van der Waals surface area contributed by atoms with Gasteiger partial charge in [0.15, 0.2) is 6.10 Å². The molecule has 1 aromatic carbocycles. The van der Waals surface area contributed by atoms with Gasteiger partial charge >= 0.3 is 0 Å². The van der Waals surface area contributed by atoms with Crippen LogP contribution in [0, 0.1) is 12.8 Å². The normalized spacial score (nSPS) is 12.7. The molecule has 49 heavy (non-hydrogen) atoms. The molecule has 0 amide bonds. The Morgan fingerprint density at radius 1 is 0.673 bits per heavy atom. The summed E-state index contributed by atoms with van der Waals surface area (Å²) < 4.78 is 35.1. The van der Waals surface area contributed by atoms with Gasteiger partial charge in [-0.25, -0.2) is 0 Å². The lowest BCUT2D eigenvalue weighted by atomic mass is 10.0. The zero-order valence-corrected chi connectivity index (χ0v) is 30.5. The van der Waals surface area contributed by atoms with Crippen LogP contribution in [-0.4, -0.2) is 54.6 Å². The van der Waals surface area contributed by atoms with Gasteiger partial charge in [-0.05, 0) is 42.1 Å². The topological polar surface area (TPSA) is 109 Å². The van der Waals surface area contributed by atoms with E-state index in [4.69, 9.17) is 28.0 Å². The molecule has 0 aliphatic rings. The van der Waals surface area contributed by atoms with Gasteiger partial charge in [-0.15, -0.1) is 0 Å². The summed E-state index contributed by atoms with van der Waals surface area (Å²) in [5.74, 6) is 2.58. The van der Waals surface area contributed by atoms with E-state index in [2.05, 4.69) is 29.4 Å². The van der Waals surface area contributed by atoms with Crippen LogP contribution in [0.15, 0.2) is 51.5 Å². The zero-order valence-electron chi connectivity index (χ0n) is 30.5. The standard InChI is InChI=1S/C40H64N2O7/c1-3-4-5-6-7-8-9-10-11-12-13-14-20-25-37-28-39(41-49-37)46-33-38(47-40-27-34(2)48-42-40)32-45-31-36(24-19-16-21-26-43)30-44-29-35-22-17-15-18-23-35/h15,17-18,22-23,27-28,36,38,43H,3-14,16,19-21,24-26,29-33H2,1-2H3. The van der Waals surface area contributed by atoms with Crippen LogP contribution in [0.25, 0.3) is 0 Å². The molecule has 2 aromatic heterocycles. The van der Waals surface area contributed by atoms with Gasteiger partial charge < -0.3 is 33.1 Å². The Labute approximate surface area is 295 Å². The van der Waals surface area contributed by atoms with Crippen molar-refractivity contribution in [3.05, 3.63) is 59.5 Å². The number of rotatable bonds is 32. The molecule has 2 atom stereocenters. The number of aryl methyl sites for hydroxylation is 2. The molecule has 0 spiro atoms. The van der Waals surface area contributed by atoms with Crippen molar-refractivity contribution >= 4 is 0 Å². The zero-order chi connectivity index (χ0) is 34.6. The van der Waals surface area contributed by atoms with Crippen LogP contribution in [-0.2, 0) is 22.5 Å². The lowest BCUT2D eigenvalue weighted by Crippen LogP contribution is -2.31. The summed E-state index contributed by atoms with van der Waals surface area (Å²) in [6.45, 7) is 6.55. The predicted octanol–water partition coefficient (Wildman–Crippen LogP) is 9.83. The maximum atomic E-state index is 9.18. The van der Waals surface area contributed by atoms with E-state index in [1.807, 2.05) is 31.2 Å². The second kappa shape index (κ2) is 26.9. The fourth-order valence-electron chi connectivity index (χ4n) is 5.88. The highest BCUT2D eigenvalue weighted by Crippen LogP contribution is 2.19. The van der Waals surface area contributed by atoms with E-state index in [9.17, 15) is 5.11 Å². The Balaban J connectivity index is 1.36. The van der Waals surface area contributed by atoms with E-state index in [-0.39, 0.29) is 19.1 Å². The molecule has 0 radical (unpaired) electrons. The van der Waals surface area contributed by atoms with Crippen molar-refractivity contribution < 1.29 is 33.1 Å². The Hall–Kier alpha value is -2.88. The molecule has 0 saturated heterocycles. The molecule has 0 aliphatic heterocycles. The molecular formula is C40H64N2O7. The van der Waals surface area contributed by atoms with E-state index in [0.717, 1.165) is 49.8 Å². The SMILES string of the molecule is CCCCCCCCCCCCCCCc1cc(OCC(COCC(CCCCCO)COCc2ccccc2)Oc2cc(C)on2)no1. The van der Waals surface area contributed by atoms with E-state index in [0.29, 0.717) is 43.9 Å². The first-order chi connectivity index (χ1) is 24.2. The van der Waals surface area contributed by atoms with Gasteiger partial charge in [0.2, 0.25) is 0 Å². The van der Waals surface area contributed by atoms with Crippen molar-refractivity contribution in [1.82, 2.24) is 10.3 Å². The average Bonchev–Trinajstić information content (AvgIpc) is 3.75. The summed E-state index contributed by atoms with van der Waals surface area (Å²) in [7, 11) is 0. The minimum absolute atomic E-state index is 0.221. The van der Waals surface area contributed by atoms with Gasteiger partial charge in [0.05, 0.1) is 26.4 Å². The number of hydrogen-bond donors (Lipinski definition) is 1. The fourth-order valence-corrected chi connectivity index (χ4v) is 5.88. The first-order valence-electron chi connectivity index (χ1n) is 19.1. The second-order valence-corrected chi connectivity index (χ2v) is 13.4. The van der Waals surface area contributed by atoms with Gasteiger partial charge in [-0.3, -0.25) is 0 Å². The monoisotopic (exact) mass is 684 g/mol. The molecule has 1 N–H and O–H groups in total. The van der Waals surface area contributed by atoms with Gasteiger partial charge in [0.25, 0.3) is 11.8 Å². The predicted molar refractivity (Wildman–Crippen MR) is 193 cm³/mol. The maximum Gasteiger partial charge on any atom is 0.254 e. The Morgan fingerprint density at radius 2 is 1.33 bits per heavy atom. The van der Waals surface area contributed by atoms with Gasteiger partial charge in [-0.1, -0.05) is 127 Å². The molecule has 3 rings (SSSR count). The Bertz CT molecular complexity index is 1170. The number of benzene rings is 1. The van der Waals surface area contributed by atoms with Crippen LogP contribution in [0.2, 0.25) is 0 Å². The van der Waals surface area contributed by atoms with Crippen molar-refractivity contribution in [2.75, 3.05) is 33.0 Å². The molecule has 0 aliphatic carbocycles. The van der Waals surface area contributed by atoms with Gasteiger partial charge in [0, 0.05) is 31.1 Å². The van der Waals surface area contributed by atoms with E-state index in [1.54, 1.807) is 6.07 Å². The molecule has 0 bridgehead atoms. The molecule has 2 heterocycles. The summed E-state index contributed by atoms with van der Waals surface area (Å²) in [5, 5.41) is 17.3. The Morgan fingerprint density at radius 3 is 2.00 bits per heavy atom. The molecule has 276 valence electrons. The molecule has 9 heteroatoms. The van der Waals surface area contributed by atoms with Crippen LogP contribution >= 0.6 is 0 Å². The van der Waals surface area contributed by atoms with Crippen molar-refractivity contribution in [3.8, 4) is 11.8 Å². The van der Waals surface area contributed by atoms with Crippen molar-refractivity contribution in [2.45, 2.75) is 142 Å². The van der Waals surface area contributed by atoms with Crippen LogP contribution in [0.1, 0.15) is 133 Å². The first-order valence-corrected chi connectivity index (χ1v) is 19.1. The first kappa shape index (κ1) is 40.5. The fraction of sp³-hybridized carbons (Fsp3) is 0.700.